The summed E-state index contributed by atoms with van der Waals surface area (Å²) in [6.45, 7) is 7.52. The molecule has 0 aliphatic carbocycles. The van der Waals surface area contributed by atoms with Crippen LogP contribution in [0.4, 0.5) is 24.5 Å². The van der Waals surface area contributed by atoms with Crippen molar-refractivity contribution in [1.82, 2.24) is 0 Å². The molecule has 0 fully saturated rings. The zero-order chi connectivity index (χ0) is 18.6. The summed E-state index contributed by atoms with van der Waals surface area (Å²) in [5, 5.41) is 2.75. The lowest BCUT2D eigenvalue weighted by Crippen LogP contribution is -2.14. The highest BCUT2D eigenvalue weighted by Gasteiger charge is 2.32. The van der Waals surface area contributed by atoms with Gasteiger partial charge in [0.1, 0.15) is 0 Å². The second-order valence-electron chi connectivity index (χ2n) is 5.97. The predicted molar refractivity (Wildman–Crippen MR) is 97.7 cm³/mol. The Labute approximate surface area is 146 Å². The van der Waals surface area contributed by atoms with Gasteiger partial charge in [-0.15, -0.1) is 0 Å². The maximum Gasteiger partial charge on any atom is 0.419 e. The molecule has 25 heavy (non-hydrogen) atoms. The lowest BCUT2D eigenvalue weighted by atomic mass is 10.1. The Kier molecular flexibility index (Phi) is 5.67. The van der Waals surface area contributed by atoms with Crippen molar-refractivity contribution in [3.8, 4) is 0 Å². The van der Waals surface area contributed by atoms with Crippen molar-refractivity contribution in [3.05, 3.63) is 70.4 Å². The van der Waals surface area contributed by atoms with Crippen molar-refractivity contribution in [2.45, 2.75) is 33.9 Å². The van der Waals surface area contributed by atoms with Gasteiger partial charge in [-0.05, 0) is 62.1 Å². The first-order chi connectivity index (χ1) is 11.7. The van der Waals surface area contributed by atoms with Gasteiger partial charge in [0.15, 0.2) is 0 Å². The number of anilines is 1. The van der Waals surface area contributed by atoms with Crippen LogP contribution in [0.1, 0.15) is 22.3 Å². The first-order valence-electron chi connectivity index (χ1n) is 7.90. The zero-order valence-corrected chi connectivity index (χ0v) is 14.7. The minimum atomic E-state index is -4.49. The van der Waals surface area contributed by atoms with Crippen LogP contribution in [0, 0.1) is 27.7 Å². The monoisotopic (exact) mass is 346 g/mol. The van der Waals surface area contributed by atoms with E-state index < -0.39 is 11.7 Å². The van der Waals surface area contributed by atoms with Crippen LogP contribution in [0.3, 0.4) is 0 Å². The van der Waals surface area contributed by atoms with Crippen LogP contribution >= 0.6 is 0 Å². The fourth-order valence-electron chi connectivity index (χ4n) is 2.27. The van der Waals surface area contributed by atoms with Gasteiger partial charge in [0.2, 0.25) is 0 Å². The fourth-order valence-corrected chi connectivity index (χ4v) is 2.27. The molecular weight excluding hydrogens is 325 g/mol. The molecule has 0 saturated carbocycles. The van der Waals surface area contributed by atoms with Crippen molar-refractivity contribution < 1.29 is 13.2 Å². The van der Waals surface area contributed by atoms with Gasteiger partial charge in [0.25, 0.3) is 0 Å². The second kappa shape index (κ2) is 7.55. The number of hydrogen-bond acceptors (Lipinski definition) is 2. The summed E-state index contributed by atoms with van der Waals surface area (Å²) in [5.74, 6) is 0. The number of aliphatic imine (C=N–C) groups is 1. The average Bonchev–Trinajstić information content (AvgIpc) is 2.53. The molecule has 0 aliphatic rings. The van der Waals surface area contributed by atoms with Crippen molar-refractivity contribution in [2.24, 2.45) is 4.99 Å². The molecule has 1 N–H and O–H groups in total. The van der Waals surface area contributed by atoms with Crippen LogP contribution < -0.4 is 5.32 Å². The van der Waals surface area contributed by atoms with Crippen molar-refractivity contribution in [1.29, 1.82) is 0 Å². The number of nitrogens with one attached hydrogen (secondary N) is 1. The van der Waals surface area contributed by atoms with E-state index in [1.54, 1.807) is 24.3 Å². The topological polar surface area (TPSA) is 24.4 Å². The van der Waals surface area contributed by atoms with Gasteiger partial charge in [0.05, 0.1) is 11.3 Å². The first kappa shape index (κ1) is 18.8. The molecule has 0 aromatic heterocycles. The highest BCUT2D eigenvalue weighted by Crippen LogP contribution is 2.27. The van der Waals surface area contributed by atoms with Crippen molar-refractivity contribution >= 4 is 17.6 Å². The summed E-state index contributed by atoms with van der Waals surface area (Å²) in [4.78, 5) is 4.03. The van der Waals surface area contributed by atoms with Crippen molar-refractivity contribution in [3.63, 3.8) is 0 Å². The first-order valence-corrected chi connectivity index (χ1v) is 7.90. The normalized spacial score (nSPS) is 12.7. The molecule has 2 nitrogen and oxygen atoms in total. The third-order valence-electron chi connectivity index (χ3n) is 4.23. The van der Waals surface area contributed by atoms with Crippen LogP contribution in [0.15, 0.2) is 53.2 Å². The number of rotatable bonds is 4. The van der Waals surface area contributed by atoms with Gasteiger partial charge in [-0.1, -0.05) is 24.3 Å². The number of alkyl halides is 3. The van der Waals surface area contributed by atoms with Gasteiger partial charge < -0.3 is 5.32 Å². The Morgan fingerprint density at radius 2 is 1.52 bits per heavy atom. The smallest absolute Gasteiger partial charge is 0.361 e. The van der Waals surface area contributed by atoms with E-state index in [-0.39, 0.29) is 0 Å². The predicted octanol–water partition coefficient (Wildman–Crippen LogP) is 6.18. The van der Waals surface area contributed by atoms with E-state index in [1.165, 1.54) is 0 Å². The summed E-state index contributed by atoms with van der Waals surface area (Å²) in [5.41, 5.74) is 4.10. The molecule has 0 atom stereocenters. The van der Waals surface area contributed by atoms with Gasteiger partial charge in [-0.2, -0.15) is 13.2 Å². The lowest BCUT2D eigenvalue weighted by molar-refractivity contribution is -0.0856. The average molecular weight is 346 g/mol. The third kappa shape index (κ3) is 4.72. The number of aryl methyl sites for hydroxylation is 2. The molecule has 2 aromatic rings. The zero-order valence-electron chi connectivity index (χ0n) is 14.7. The largest absolute Gasteiger partial charge is 0.419 e. The number of hydrogen-bond donors (Lipinski definition) is 1. The minimum absolute atomic E-state index is 0.530. The molecular formula is C20H21F3N2. The SMILES string of the molecule is Cc1cccc(N=C/C(=C\Nc2cccc(C)c2C)C(F)(F)F)c1C. The maximum atomic E-state index is 13.3. The molecule has 5 heteroatoms. The summed E-state index contributed by atoms with van der Waals surface area (Å²) in [6.07, 6.45) is -2.68. The minimum Gasteiger partial charge on any atom is -0.361 e. The van der Waals surface area contributed by atoms with E-state index in [1.807, 2.05) is 39.8 Å². The maximum absolute atomic E-state index is 13.3. The molecule has 132 valence electrons. The number of benzene rings is 2. The van der Waals surface area contributed by atoms with E-state index in [4.69, 9.17) is 0 Å². The van der Waals surface area contributed by atoms with E-state index in [0.717, 1.165) is 34.7 Å². The molecule has 0 saturated heterocycles. The molecule has 0 radical (unpaired) electrons. The Morgan fingerprint density at radius 3 is 2.16 bits per heavy atom. The highest BCUT2D eigenvalue weighted by atomic mass is 19.4. The summed E-state index contributed by atoms with van der Waals surface area (Å²) in [7, 11) is 0. The van der Waals surface area contributed by atoms with Gasteiger partial charge in [-0.25, -0.2) is 0 Å². The molecule has 0 spiro atoms. The number of halogens is 3. The van der Waals surface area contributed by atoms with Crippen LogP contribution in [-0.2, 0) is 0 Å². The number of nitrogens with zero attached hydrogens (tertiary/aromatic N) is 1. The van der Waals surface area contributed by atoms with Crippen LogP contribution in [0.5, 0.6) is 0 Å². The van der Waals surface area contributed by atoms with Gasteiger partial charge >= 0.3 is 6.18 Å². The summed E-state index contributed by atoms with van der Waals surface area (Å²) < 4.78 is 39.9. The molecule has 0 aliphatic heterocycles. The van der Waals surface area contributed by atoms with E-state index >= 15 is 0 Å². The standard InChI is InChI=1S/C20H21F3N2/c1-13-7-5-9-18(15(13)3)24-11-17(20(21,22)23)12-25-19-10-6-8-14(2)16(19)4/h5-12,24H,1-4H3/b17-11+,25-12?. The Morgan fingerprint density at radius 1 is 0.920 bits per heavy atom. The van der Waals surface area contributed by atoms with E-state index in [9.17, 15) is 13.2 Å². The lowest BCUT2D eigenvalue weighted by Gasteiger charge is -2.11. The molecule has 0 amide bonds. The molecule has 2 aromatic carbocycles. The Balaban J connectivity index is 2.32. The number of allylic oxidation sites excluding steroid dienone is 1. The van der Waals surface area contributed by atoms with Crippen LogP contribution in [-0.4, -0.2) is 12.4 Å². The van der Waals surface area contributed by atoms with Gasteiger partial charge in [0, 0.05) is 18.1 Å². The molecule has 0 heterocycles. The Hall–Kier alpha value is -2.56. The summed E-state index contributed by atoms with van der Waals surface area (Å²) in [6, 6.07) is 10.8. The fraction of sp³-hybridized carbons (Fsp3) is 0.250. The highest BCUT2D eigenvalue weighted by molar-refractivity contribution is 5.83. The van der Waals surface area contributed by atoms with Crippen LogP contribution in [0.25, 0.3) is 0 Å². The third-order valence-corrected chi connectivity index (χ3v) is 4.23. The molecule has 0 bridgehead atoms. The quantitative estimate of drug-likeness (QED) is 0.657. The van der Waals surface area contributed by atoms with Crippen molar-refractivity contribution in [2.75, 3.05) is 5.32 Å². The van der Waals surface area contributed by atoms with Crippen LogP contribution in [0.2, 0.25) is 0 Å². The molecule has 2 rings (SSSR count). The molecule has 0 unspecified atom stereocenters. The van der Waals surface area contributed by atoms with E-state index in [0.29, 0.717) is 11.4 Å². The van der Waals surface area contributed by atoms with Gasteiger partial charge in [-0.3, -0.25) is 4.99 Å². The summed E-state index contributed by atoms with van der Waals surface area (Å²) >= 11 is 0. The second-order valence-corrected chi connectivity index (χ2v) is 5.97. The Bertz CT molecular complexity index is 818. The van der Waals surface area contributed by atoms with E-state index in [2.05, 4.69) is 10.3 Å².